The summed E-state index contributed by atoms with van der Waals surface area (Å²) in [6.07, 6.45) is 1.86. The van der Waals surface area contributed by atoms with Gasteiger partial charge in [-0.3, -0.25) is 0 Å². The topological polar surface area (TPSA) is 47.0 Å². The van der Waals surface area contributed by atoms with Gasteiger partial charge in [-0.25, -0.2) is 4.98 Å². The van der Waals surface area contributed by atoms with Gasteiger partial charge >= 0.3 is 0 Å². The molecular weight excluding hydrogens is 202 g/mol. The highest BCUT2D eigenvalue weighted by atomic mass is 16.5. The first-order valence-corrected chi connectivity index (χ1v) is 5.84. The summed E-state index contributed by atoms with van der Waals surface area (Å²) in [6.45, 7) is 7.08. The summed E-state index contributed by atoms with van der Waals surface area (Å²) in [7, 11) is 1.85. The lowest BCUT2D eigenvalue weighted by atomic mass is 10.1. The second-order valence-electron chi connectivity index (χ2n) is 4.20. The Balaban J connectivity index is 2.82. The molecule has 4 nitrogen and oxygen atoms in total. The van der Waals surface area contributed by atoms with E-state index in [0.717, 1.165) is 24.5 Å². The smallest absolute Gasteiger partial charge is 0.218 e. The Kier molecular flexibility index (Phi) is 5.02. The van der Waals surface area contributed by atoms with E-state index in [2.05, 4.69) is 36.1 Å². The molecule has 0 amide bonds. The van der Waals surface area contributed by atoms with Crippen LogP contribution >= 0.6 is 0 Å². The molecule has 1 aromatic rings. The molecule has 0 saturated carbocycles. The minimum absolute atomic E-state index is 0.547. The molecule has 0 fully saturated rings. The minimum Gasteiger partial charge on any atom is -0.478 e. The van der Waals surface area contributed by atoms with Crippen molar-refractivity contribution in [1.29, 1.82) is 0 Å². The molecule has 1 aromatic heterocycles. The molecule has 0 unspecified atom stereocenters. The molecule has 0 spiro atoms. The summed E-state index contributed by atoms with van der Waals surface area (Å²) in [6, 6.07) is 1.83. The maximum atomic E-state index is 5.53. The average molecular weight is 223 g/mol. The molecule has 1 heterocycles. The van der Waals surface area contributed by atoms with Crippen LogP contribution in [0.1, 0.15) is 33.0 Å². The van der Waals surface area contributed by atoms with Crippen LogP contribution in [-0.2, 0) is 6.42 Å². The van der Waals surface area contributed by atoms with Gasteiger partial charge < -0.3 is 10.1 Å². The van der Waals surface area contributed by atoms with Gasteiger partial charge in [0.05, 0.1) is 6.61 Å². The van der Waals surface area contributed by atoms with E-state index in [-0.39, 0.29) is 0 Å². The fraction of sp³-hybridized carbons (Fsp3) is 0.667. The van der Waals surface area contributed by atoms with Crippen LogP contribution in [0.4, 0.5) is 5.82 Å². The number of aromatic nitrogens is 2. The Hall–Kier alpha value is -1.32. The molecule has 0 aromatic carbocycles. The summed E-state index contributed by atoms with van der Waals surface area (Å²) in [5, 5.41) is 3.03. The van der Waals surface area contributed by atoms with E-state index < -0.39 is 0 Å². The molecule has 0 saturated heterocycles. The molecule has 16 heavy (non-hydrogen) atoms. The lowest BCUT2D eigenvalue weighted by molar-refractivity contribution is 0.303. The van der Waals surface area contributed by atoms with Gasteiger partial charge in [-0.05, 0) is 12.3 Å². The predicted octanol–water partition coefficient (Wildman–Crippen LogP) is 2.51. The van der Waals surface area contributed by atoms with E-state index >= 15 is 0 Å². The van der Waals surface area contributed by atoms with Gasteiger partial charge in [-0.15, -0.1) is 0 Å². The second kappa shape index (κ2) is 6.30. The van der Waals surface area contributed by atoms with Crippen LogP contribution in [-0.4, -0.2) is 23.6 Å². The Morgan fingerprint density at radius 1 is 1.38 bits per heavy atom. The van der Waals surface area contributed by atoms with Crippen LogP contribution in [0.25, 0.3) is 0 Å². The Morgan fingerprint density at radius 2 is 2.12 bits per heavy atom. The quantitative estimate of drug-likeness (QED) is 0.805. The van der Waals surface area contributed by atoms with Crippen molar-refractivity contribution >= 4 is 5.82 Å². The summed E-state index contributed by atoms with van der Waals surface area (Å²) < 4.78 is 5.53. The van der Waals surface area contributed by atoms with Crippen molar-refractivity contribution in [1.82, 2.24) is 9.97 Å². The zero-order chi connectivity index (χ0) is 12.0. The largest absolute Gasteiger partial charge is 0.478 e. The molecule has 0 aliphatic rings. The molecule has 0 aliphatic carbocycles. The molecule has 0 bridgehead atoms. The molecule has 0 aliphatic heterocycles. The molecule has 0 atom stereocenters. The third-order valence-electron chi connectivity index (χ3n) is 2.05. The first kappa shape index (κ1) is 12.7. The Bertz CT molecular complexity index is 326. The highest BCUT2D eigenvalue weighted by molar-refractivity contribution is 5.37. The molecule has 1 N–H and O–H groups in total. The Labute approximate surface area is 97.5 Å². The van der Waals surface area contributed by atoms with Gasteiger partial charge in [-0.1, -0.05) is 20.8 Å². The van der Waals surface area contributed by atoms with Gasteiger partial charge in [-0.2, -0.15) is 4.98 Å². The minimum atomic E-state index is 0.547. The number of anilines is 1. The maximum Gasteiger partial charge on any atom is 0.218 e. The van der Waals surface area contributed by atoms with Crippen molar-refractivity contribution in [2.45, 2.75) is 33.6 Å². The van der Waals surface area contributed by atoms with Crippen molar-refractivity contribution in [2.75, 3.05) is 19.0 Å². The van der Waals surface area contributed by atoms with Gasteiger partial charge in [0.15, 0.2) is 0 Å². The first-order chi connectivity index (χ1) is 7.65. The SMILES string of the molecule is CCCOc1cc(NC)nc(CC(C)C)n1. The summed E-state index contributed by atoms with van der Waals surface area (Å²) in [5.41, 5.74) is 0. The maximum absolute atomic E-state index is 5.53. The summed E-state index contributed by atoms with van der Waals surface area (Å²) in [4.78, 5) is 8.78. The number of ether oxygens (including phenoxy) is 1. The van der Waals surface area contributed by atoms with Crippen molar-refractivity contribution in [3.8, 4) is 5.88 Å². The van der Waals surface area contributed by atoms with Crippen LogP contribution in [0.15, 0.2) is 6.07 Å². The molecule has 1 rings (SSSR count). The number of rotatable bonds is 6. The monoisotopic (exact) mass is 223 g/mol. The van der Waals surface area contributed by atoms with Crippen molar-refractivity contribution < 1.29 is 4.74 Å². The van der Waals surface area contributed by atoms with E-state index in [9.17, 15) is 0 Å². The number of hydrogen-bond acceptors (Lipinski definition) is 4. The third kappa shape index (κ3) is 4.04. The number of nitrogens with zero attached hydrogens (tertiary/aromatic N) is 2. The summed E-state index contributed by atoms with van der Waals surface area (Å²) in [5.74, 6) is 2.87. The first-order valence-electron chi connectivity index (χ1n) is 5.84. The lowest BCUT2D eigenvalue weighted by Crippen LogP contribution is -2.06. The van der Waals surface area contributed by atoms with Crippen LogP contribution in [0.2, 0.25) is 0 Å². The third-order valence-corrected chi connectivity index (χ3v) is 2.05. The lowest BCUT2D eigenvalue weighted by Gasteiger charge is -2.09. The number of hydrogen-bond donors (Lipinski definition) is 1. The van der Waals surface area contributed by atoms with Gasteiger partial charge in [0.25, 0.3) is 0 Å². The Morgan fingerprint density at radius 3 is 2.69 bits per heavy atom. The standard InChI is InChI=1S/C12H21N3O/c1-5-6-16-12-8-10(13-4)14-11(15-12)7-9(2)3/h8-9H,5-7H2,1-4H3,(H,13,14,15). The van der Waals surface area contributed by atoms with Crippen LogP contribution in [0.3, 0.4) is 0 Å². The van der Waals surface area contributed by atoms with Crippen LogP contribution in [0, 0.1) is 5.92 Å². The van der Waals surface area contributed by atoms with Gasteiger partial charge in [0, 0.05) is 19.5 Å². The van der Waals surface area contributed by atoms with E-state index in [1.807, 2.05) is 13.1 Å². The molecule has 90 valence electrons. The predicted molar refractivity (Wildman–Crippen MR) is 65.9 cm³/mol. The highest BCUT2D eigenvalue weighted by Gasteiger charge is 2.06. The second-order valence-corrected chi connectivity index (χ2v) is 4.20. The van der Waals surface area contributed by atoms with E-state index in [1.54, 1.807) is 0 Å². The number of nitrogens with one attached hydrogen (secondary N) is 1. The summed E-state index contributed by atoms with van der Waals surface area (Å²) >= 11 is 0. The zero-order valence-corrected chi connectivity index (χ0v) is 10.6. The van der Waals surface area contributed by atoms with Crippen molar-refractivity contribution in [3.63, 3.8) is 0 Å². The fourth-order valence-electron chi connectivity index (χ4n) is 1.34. The van der Waals surface area contributed by atoms with Crippen molar-refractivity contribution in [3.05, 3.63) is 11.9 Å². The molecular formula is C12H21N3O. The van der Waals surface area contributed by atoms with E-state index in [1.165, 1.54) is 0 Å². The van der Waals surface area contributed by atoms with E-state index in [0.29, 0.717) is 18.4 Å². The zero-order valence-electron chi connectivity index (χ0n) is 10.6. The molecule has 0 radical (unpaired) electrons. The van der Waals surface area contributed by atoms with Gasteiger partial charge in [0.1, 0.15) is 11.6 Å². The average Bonchev–Trinajstić information content (AvgIpc) is 2.25. The normalized spacial score (nSPS) is 10.6. The highest BCUT2D eigenvalue weighted by Crippen LogP contribution is 2.15. The van der Waals surface area contributed by atoms with Crippen molar-refractivity contribution in [2.24, 2.45) is 5.92 Å². The van der Waals surface area contributed by atoms with Gasteiger partial charge in [0.2, 0.25) is 5.88 Å². The van der Waals surface area contributed by atoms with E-state index in [4.69, 9.17) is 4.74 Å². The molecule has 4 heteroatoms. The van der Waals surface area contributed by atoms with Crippen LogP contribution in [0.5, 0.6) is 5.88 Å². The van der Waals surface area contributed by atoms with Crippen LogP contribution < -0.4 is 10.1 Å². The fourth-order valence-corrected chi connectivity index (χ4v) is 1.34.